The van der Waals surface area contributed by atoms with Gasteiger partial charge in [0.15, 0.2) is 5.54 Å². The van der Waals surface area contributed by atoms with Crippen LogP contribution in [0.15, 0.2) is 30.3 Å². The second-order valence-electron chi connectivity index (χ2n) is 4.98. The normalized spacial score (nSPS) is 23.2. The number of aliphatic carboxylic acids is 1. The zero-order valence-corrected chi connectivity index (χ0v) is 11.0. The molecule has 1 aromatic rings. The molecule has 6 heteroatoms. The van der Waals surface area contributed by atoms with Crippen LogP contribution in [0.5, 0.6) is 0 Å². The Morgan fingerprint density at radius 3 is 2.65 bits per heavy atom. The van der Waals surface area contributed by atoms with Crippen LogP contribution in [0.25, 0.3) is 0 Å². The Morgan fingerprint density at radius 1 is 1.40 bits per heavy atom. The first-order chi connectivity index (χ1) is 9.53. The van der Waals surface area contributed by atoms with Gasteiger partial charge in [0.05, 0.1) is 12.6 Å². The summed E-state index contributed by atoms with van der Waals surface area (Å²) >= 11 is 0. The maximum atomic E-state index is 12.1. The quantitative estimate of drug-likeness (QED) is 0.699. The van der Waals surface area contributed by atoms with E-state index in [1.165, 1.54) is 0 Å². The van der Waals surface area contributed by atoms with Gasteiger partial charge in [-0.05, 0) is 12.0 Å². The molecule has 4 N–H and O–H groups in total. The minimum atomic E-state index is -1.34. The van der Waals surface area contributed by atoms with Gasteiger partial charge >= 0.3 is 5.97 Å². The molecule has 2 rings (SSSR count). The van der Waals surface area contributed by atoms with Gasteiger partial charge in [0.1, 0.15) is 0 Å². The van der Waals surface area contributed by atoms with Crippen LogP contribution >= 0.6 is 0 Å². The first-order valence-electron chi connectivity index (χ1n) is 6.46. The average Bonchev–Trinajstić information content (AvgIpc) is 2.89. The number of ether oxygens (including phenoxy) is 1. The number of rotatable bonds is 5. The van der Waals surface area contributed by atoms with Crippen molar-refractivity contribution >= 4 is 11.9 Å². The topological polar surface area (TPSA) is 102 Å². The zero-order chi connectivity index (χ0) is 14.6. The Balaban J connectivity index is 1.98. The Morgan fingerprint density at radius 2 is 2.10 bits per heavy atom. The average molecular weight is 278 g/mol. The van der Waals surface area contributed by atoms with E-state index in [9.17, 15) is 14.7 Å². The molecular formula is C14H18N2O4. The fourth-order valence-corrected chi connectivity index (χ4v) is 2.17. The molecule has 1 saturated heterocycles. The maximum absolute atomic E-state index is 12.1. The van der Waals surface area contributed by atoms with Gasteiger partial charge in [-0.1, -0.05) is 30.3 Å². The van der Waals surface area contributed by atoms with E-state index >= 15 is 0 Å². The molecule has 1 heterocycles. The SMILES string of the molecule is NC(Cc1ccccc1)C(=O)NC1(C(=O)O)CCOC1. The molecule has 1 amide bonds. The van der Waals surface area contributed by atoms with Crippen molar-refractivity contribution in [3.63, 3.8) is 0 Å². The standard InChI is InChI=1S/C14H18N2O4/c15-11(8-10-4-2-1-3-5-10)12(17)16-14(13(18)19)6-7-20-9-14/h1-5,11H,6-9,15H2,(H,16,17)(H,18,19). The Hall–Kier alpha value is -1.92. The number of carboxylic acids is 1. The van der Waals surface area contributed by atoms with Crippen LogP contribution in [0.1, 0.15) is 12.0 Å². The van der Waals surface area contributed by atoms with Crippen LogP contribution in [0.3, 0.4) is 0 Å². The summed E-state index contributed by atoms with van der Waals surface area (Å²) in [5.41, 5.74) is 5.43. The number of carboxylic acid groups (broad SMARTS) is 1. The molecule has 1 aliphatic rings. The second-order valence-corrected chi connectivity index (χ2v) is 4.98. The summed E-state index contributed by atoms with van der Waals surface area (Å²) in [5.74, 6) is -1.56. The van der Waals surface area contributed by atoms with Gasteiger partial charge in [0, 0.05) is 13.0 Å². The third kappa shape index (κ3) is 3.15. The third-order valence-corrected chi connectivity index (χ3v) is 3.43. The fraction of sp³-hybridized carbons (Fsp3) is 0.429. The van der Waals surface area contributed by atoms with Crippen molar-refractivity contribution in [1.82, 2.24) is 5.32 Å². The predicted octanol–water partition coefficient (Wildman–Crippen LogP) is -0.0837. The van der Waals surface area contributed by atoms with E-state index in [0.717, 1.165) is 5.56 Å². The van der Waals surface area contributed by atoms with Gasteiger partial charge in [-0.3, -0.25) is 4.79 Å². The largest absolute Gasteiger partial charge is 0.479 e. The van der Waals surface area contributed by atoms with Crippen LogP contribution < -0.4 is 11.1 Å². The zero-order valence-electron chi connectivity index (χ0n) is 11.0. The summed E-state index contributed by atoms with van der Waals surface area (Å²) in [6.45, 7) is 0.298. The van der Waals surface area contributed by atoms with Gasteiger partial charge in [-0.15, -0.1) is 0 Å². The molecular weight excluding hydrogens is 260 g/mol. The molecule has 1 fully saturated rings. The van der Waals surface area contributed by atoms with E-state index < -0.39 is 23.5 Å². The summed E-state index contributed by atoms with van der Waals surface area (Å²) in [6, 6.07) is 8.57. The van der Waals surface area contributed by atoms with Crippen molar-refractivity contribution < 1.29 is 19.4 Å². The Labute approximate surface area is 116 Å². The molecule has 6 nitrogen and oxygen atoms in total. The molecule has 0 bridgehead atoms. The Kier molecular flexibility index (Phi) is 4.36. The van der Waals surface area contributed by atoms with Crippen molar-refractivity contribution in [2.75, 3.05) is 13.2 Å². The number of hydrogen-bond acceptors (Lipinski definition) is 4. The first-order valence-corrected chi connectivity index (χ1v) is 6.46. The van der Waals surface area contributed by atoms with Gasteiger partial charge in [0.2, 0.25) is 5.91 Å². The maximum Gasteiger partial charge on any atom is 0.331 e. The van der Waals surface area contributed by atoms with Crippen LogP contribution in [-0.4, -0.2) is 41.8 Å². The smallest absolute Gasteiger partial charge is 0.331 e. The molecule has 20 heavy (non-hydrogen) atoms. The van der Waals surface area contributed by atoms with Gasteiger partial charge in [0.25, 0.3) is 0 Å². The summed E-state index contributed by atoms with van der Waals surface area (Å²) in [4.78, 5) is 23.4. The van der Waals surface area contributed by atoms with E-state index in [4.69, 9.17) is 10.5 Å². The number of nitrogens with one attached hydrogen (secondary N) is 1. The number of carbonyl (C=O) groups is 2. The van der Waals surface area contributed by atoms with E-state index in [2.05, 4.69) is 5.32 Å². The molecule has 0 aliphatic carbocycles. The van der Waals surface area contributed by atoms with Crippen LogP contribution in [0.2, 0.25) is 0 Å². The number of benzene rings is 1. The van der Waals surface area contributed by atoms with Crippen molar-refractivity contribution in [3.8, 4) is 0 Å². The van der Waals surface area contributed by atoms with Gasteiger partial charge < -0.3 is 20.9 Å². The van der Waals surface area contributed by atoms with Gasteiger partial charge in [-0.2, -0.15) is 0 Å². The van der Waals surface area contributed by atoms with E-state index in [0.29, 0.717) is 13.0 Å². The third-order valence-electron chi connectivity index (χ3n) is 3.43. The van der Waals surface area contributed by atoms with Crippen molar-refractivity contribution in [2.45, 2.75) is 24.4 Å². The molecule has 1 aliphatic heterocycles. The Bertz CT molecular complexity index is 483. The predicted molar refractivity (Wildman–Crippen MR) is 72.1 cm³/mol. The van der Waals surface area contributed by atoms with E-state index in [-0.39, 0.29) is 13.0 Å². The lowest BCUT2D eigenvalue weighted by Gasteiger charge is -2.25. The second kappa shape index (κ2) is 6.02. The van der Waals surface area contributed by atoms with Crippen molar-refractivity contribution in [1.29, 1.82) is 0 Å². The fourth-order valence-electron chi connectivity index (χ4n) is 2.17. The highest BCUT2D eigenvalue weighted by atomic mass is 16.5. The molecule has 108 valence electrons. The van der Waals surface area contributed by atoms with Crippen LogP contribution in [0, 0.1) is 0 Å². The molecule has 0 saturated carbocycles. The lowest BCUT2D eigenvalue weighted by atomic mass is 9.97. The first kappa shape index (κ1) is 14.5. The van der Waals surface area contributed by atoms with E-state index in [1.54, 1.807) is 0 Å². The monoisotopic (exact) mass is 278 g/mol. The molecule has 0 spiro atoms. The molecule has 2 atom stereocenters. The summed E-state index contributed by atoms with van der Waals surface area (Å²) in [5, 5.41) is 11.8. The highest BCUT2D eigenvalue weighted by Gasteiger charge is 2.44. The highest BCUT2D eigenvalue weighted by molar-refractivity contribution is 5.90. The van der Waals surface area contributed by atoms with Crippen molar-refractivity contribution in [3.05, 3.63) is 35.9 Å². The summed E-state index contributed by atoms with van der Waals surface area (Å²) in [7, 11) is 0. The van der Waals surface area contributed by atoms with E-state index in [1.807, 2.05) is 30.3 Å². The number of amides is 1. The van der Waals surface area contributed by atoms with Crippen LogP contribution in [0.4, 0.5) is 0 Å². The number of hydrogen-bond donors (Lipinski definition) is 3. The molecule has 0 radical (unpaired) electrons. The lowest BCUT2D eigenvalue weighted by molar-refractivity contribution is -0.147. The molecule has 0 aromatic heterocycles. The minimum Gasteiger partial charge on any atom is -0.479 e. The van der Waals surface area contributed by atoms with Gasteiger partial charge in [-0.25, -0.2) is 4.79 Å². The summed E-state index contributed by atoms with van der Waals surface area (Å²) < 4.78 is 5.08. The van der Waals surface area contributed by atoms with Crippen LogP contribution in [-0.2, 0) is 20.7 Å². The van der Waals surface area contributed by atoms with Crippen molar-refractivity contribution in [2.24, 2.45) is 5.73 Å². The molecule has 1 aromatic carbocycles. The number of carbonyl (C=O) groups excluding carboxylic acids is 1. The number of nitrogens with two attached hydrogens (primary N) is 1. The highest BCUT2D eigenvalue weighted by Crippen LogP contribution is 2.19. The molecule has 2 unspecified atom stereocenters. The lowest BCUT2D eigenvalue weighted by Crippen LogP contribution is -2.59. The minimum absolute atomic E-state index is 0.0217. The summed E-state index contributed by atoms with van der Waals surface area (Å²) in [6.07, 6.45) is 0.620.